The maximum absolute atomic E-state index is 16.5. The molecule has 0 N–H and O–H groups in total. The molecule has 5 fully saturated rings. The Morgan fingerprint density at radius 2 is 1.92 bits per heavy atom. The van der Waals surface area contributed by atoms with Crippen LogP contribution in [0, 0.1) is 23.1 Å². The summed E-state index contributed by atoms with van der Waals surface area (Å²) in [7, 11) is 2.11. The van der Waals surface area contributed by atoms with Crippen LogP contribution in [0.5, 0.6) is 5.88 Å². The first kappa shape index (κ1) is 34.0. The summed E-state index contributed by atoms with van der Waals surface area (Å²) in [5.41, 5.74) is 2.02. The third-order valence-electron chi connectivity index (χ3n) is 11.1. The molecule has 1 saturated carbocycles. The van der Waals surface area contributed by atoms with Crippen LogP contribution in [0.15, 0.2) is 16.6 Å². The van der Waals surface area contributed by atoms with Crippen molar-refractivity contribution < 1.29 is 23.5 Å². The molecule has 0 unspecified atom stereocenters. The molecule has 49 heavy (non-hydrogen) atoms. The van der Waals surface area contributed by atoms with Gasteiger partial charge in [0.1, 0.15) is 17.2 Å². The molecule has 6 atom stereocenters. The Kier molecular flexibility index (Phi) is 8.83. The molecule has 10 nitrogen and oxygen atoms in total. The summed E-state index contributed by atoms with van der Waals surface area (Å²) < 4.78 is 31.7. The molecule has 0 radical (unpaired) electrons. The van der Waals surface area contributed by atoms with E-state index >= 15 is 4.39 Å². The lowest BCUT2D eigenvalue weighted by atomic mass is 9.79. The van der Waals surface area contributed by atoms with Crippen molar-refractivity contribution in [1.82, 2.24) is 24.3 Å². The van der Waals surface area contributed by atoms with Gasteiger partial charge in [0.2, 0.25) is 11.8 Å². The number of benzene rings is 1. The lowest BCUT2D eigenvalue weighted by molar-refractivity contribution is -0.129. The van der Waals surface area contributed by atoms with Gasteiger partial charge in [-0.3, -0.25) is 9.69 Å². The molecule has 6 heterocycles. The van der Waals surface area contributed by atoms with Crippen molar-refractivity contribution in [2.24, 2.45) is 5.92 Å². The topological polar surface area (TPSA) is 104 Å². The second kappa shape index (κ2) is 12.7. The van der Waals surface area contributed by atoms with E-state index in [0.29, 0.717) is 40.8 Å². The number of aryl methyl sites for hydroxylation is 1. The average Bonchev–Trinajstić information content (AvgIpc) is 3.85. The zero-order valence-electron chi connectivity index (χ0n) is 29.3. The number of likely N-dealkylation sites (tertiary alicyclic amines) is 2. The molecule has 262 valence electrons. The number of carbonyl (C=O) groups is 2. The van der Waals surface area contributed by atoms with Crippen LogP contribution in [-0.4, -0.2) is 86.7 Å². The number of fused-ring (bicyclic) bond motifs is 4. The van der Waals surface area contributed by atoms with E-state index in [-0.39, 0.29) is 60.1 Å². The Labute approximate surface area is 295 Å². The van der Waals surface area contributed by atoms with Gasteiger partial charge in [-0.25, -0.2) is 14.2 Å². The third-order valence-corrected chi connectivity index (χ3v) is 12.0. The Morgan fingerprint density at radius 3 is 2.59 bits per heavy atom. The Bertz CT molecular complexity index is 1870. The van der Waals surface area contributed by atoms with E-state index in [0.717, 1.165) is 55.2 Å². The van der Waals surface area contributed by atoms with Gasteiger partial charge in [0, 0.05) is 49.5 Å². The molecule has 8 rings (SSSR count). The SMILES string of the molecule is CC(=O)N1CCC[C@@H]1c1cc2c(O[C@@H](C)[C@@H]3CCCN3C)nc3c(F)c(Br)c(CCC#N)cc3c2n1[C@H]1[C@@H]2C[C@H]1N(C(=O)OC(C)(C)C)C2. The van der Waals surface area contributed by atoms with Crippen LogP contribution in [0.4, 0.5) is 9.18 Å². The van der Waals surface area contributed by atoms with Crippen LogP contribution in [0.1, 0.15) is 96.5 Å². The number of carbonyl (C=O) groups excluding carboxylic acids is 2. The molecular formula is C37H46BrFN6O4. The summed E-state index contributed by atoms with van der Waals surface area (Å²) in [5, 5.41) is 10.8. The number of nitrogens with zero attached hydrogens (tertiary/aromatic N) is 6. The average molecular weight is 738 g/mol. The van der Waals surface area contributed by atoms with Crippen LogP contribution in [-0.2, 0) is 16.0 Å². The Morgan fingerprint density at radius 1 is 1.16 bits per heavy atom. The monoisotopic (exact) mass is 736 g/mol. The second-order valence-corrected chi connectivity index (χ2v) is 16.2. The Hall–Kier alpha value is -3.43. The molecule has 0 spiro atoms. The summed E-state index contributed by atoms with van der Waals surface area (Å²) in [6, 6.07) is 6.07. The lowest BCUT2D eigenvalue weighted by Crippen LogP contribution is -2.45. The normalized spacial score (nSPS) is 26.0. The molecule has 2 bridgehead atoms. The van der Waals surface area contributed by atoms with E-state index in [1.807, 2.05) is 36.6 Å². The second-order valence-electron chi connectivity index (χ2n) is 15.4. The first-order chi connectivity index (χ1) is 23.3. The van der Waals surface area contributed by atoms with E-state index in [1.165, 1.54) is 0 Å². The van der Waals surface area contributed by atoms with Gasteiger partial charge in [-0.15, -0.1) is 0 Å². The van der Waals surface area contributed by atoms with Crippen molar-refractivity contribution in [2.45, 2.75) is 115 Å². The molecule has 2 aromatic heterocycles. The highest BCUT2D eigenvalue weighted by Gasteiger charge is 2.57. The zero-order valence-corrected chi connectivity index (χ0v) is 30.8. The van der Waals surface area contributed by atoms with Crippen molar-refractivity contribution >= 4 is 49.7 Å². The van der Waals surface area contributed by atoms with Crippen LogP contribution in [0.25, 0.3) is 21.8 Å². The van der Waals surface area contributed by atoms with Crippen molar-refractivity contribution in [3.63, 3.8) is 0 Å². The van der Waals surface area contributed by atoms with Crippen molar-refractivity contribution in [3.8, 4) is 11.9 Å². The molecule has 4 aliphatic heterocycles. The van der Waals surface area contributed by atoms with Crippen molar-refractivity contribution in [2.75, 3.05) is 26.7 Å². The van der Waals surface area contributed by atoms with Gasteiger partial charge in [0.05, 0.1) is 39.6 Å². The number of aromatic nitrogens is 2. The number of nitriles is 1. The van der Waals surface area contributed by atoms with Gasteiger partial charge in [0.15, 0.2) is 5.82 Å². The summed E-state index contributed by atoms with van der Waals surface area (Å²) in [4.78, 5) is 37.4. The number of halogens is 2. The van der Waals surface area contributed by atoms with E-state index < -0.39 is 11.4 Å². The minimum Gasteiger partial charge on any atom is -0.472 e. The van der Waals surface area contributed by atoms with Gasteiger partial charge in [-0.2, -0.15) is 5.26 Å². The van der Waals surface area contributed by atoms with E-state index in [2.05, 4.69) is 51.5 Å². The highest BCUT2D eigenvalue weighted by Crippen LogP contribution is 2.54. The zero-order chi connectivity index (χ0) is 34.9. The van der Waals surface area contributed by atoms with Crippen LogP contribution in [0.2, 0.25) is 0 Å². The summed E-state index contributed by atoms with van der Waals surface area (Å²) in [5.74, 6) is 0.0534. The molecule has 4 saturated heterocycles. The summed E-state index contributed by atoms with van der Waals surface area (Å²) >= 11 is 3.48. The molecule has 12 heteroatoms. The predicted octanol–water partition coefficient (Wildman–Crippen LogP) is 7.27. The number of rotatable bonds is 7. The maximum Gasteiger partial charge on any atom is 0.410 e. The quantitative estimate of drug-likeness (QED) is 0.251. The fraction of sp³-hybridized carbons (Fsp3) is 0.622. The minimum atomic E-state index is -0.625. The van der Waals surface area contributed by atoms with Gasteiger partial charge in [-0.1, -0.05) is 0 Å². The molecule has 1 aromatic carbocycles. The van der Waals surface area contributed by atoms with Gasteiger partial charge in [-0.05, 0) is 113 Å². The van der Waals surface area contributed by atoms with Gasteiger partial charge >= 0.3 is 6.09 Å². The number of pyridine rings is 1. The summed E-state index contributed by atoms with van der Waals surface area (Å²) in [6.07, 6.45) is 4.70. The largest absolute Gasteiger partial charge is 0.472 e. The van der Waals surface area contributed by atoms with E-state index in [4.69, 9.17) is 14.5 Å². The third kappa shape index (κ3) is 5.84. The standard InChI is InChI=1S/C37H46BrFN6O4/c1-20(26-11-8-14-42(26)6)48-35-25-18-28(27-12-9-15-43(27)21(2)46)45(33-23-17-29(33)44(19-23)36(47)49-37(3,4)5)34(25)24-16-22(10-7-13-40)30(38)31(39)32(24)41-35/h16,18,20,23,26-27,29,33H,7-12,14-15,17,19H2,1-6H3/t20-,23+,26-,27+,29+,33-/m0/s1. The van der Waals surface area contributed by atoms with E-state index in [1.54, 1.807) is 6.92 Å². The summed E-state index contributed by atoms with van der Waals surface area (Å²) in [6.45, 7) is 11.5. The van der Waals surface area contributed by atoms with Gasteiger partial charge in [0.25, 0.3) is 0 Å². The van der Waals surface area contributed by atoms with E-state index in [9.17, 15) is 14.9 Å². The van der Waals surface area contributed by atoms with Crippen LogP contribution < -0.4 is 4.74 Å². The molecule has 5 aliphatic rings. The first-order valence-electron chi connectivity index (χ1n) is 17.6. The van der Waals surface area contributed by atoms with Crippen LogP contribution >= 0.6 is 15.9 Å². The molecular weight excluding hydrogens is 691 g/mol. The molecule has 2 amide bonds. The highest BCUT2D eigenvalue weighted by atomic mass is 79.9. The van der Waals surface area contributed by atoms with Crippen LogP contribution in [0.3, 0.4) is 0 Å². The molecule has 1 aliphatic carbocycles. The number of amides is 2. The van der Waals surface area contributed by atoms with Crippen molar-refractivity contribution in [3.05, 3.63) is 33.7 Å². The number of likely N-dealkylation sites (N-methyl/N-ethyl adjacent to an activating group) is 1. The molecule has 3 aromatic rings. The maximum atomic E-state index is 16.5. The smallest absolute Gasteiger partial charge is 0.410 e. The number of ether oxygens (including phenoxy) is 2. The first-order valence-corrected chi connectivity index (χ1v) is 18.4. The fourth-order valence-electron chi connectivity index (χ4n) is 8.88. The highest BCUT2D eigenvalue weighted by molar-refractivity contribution is 9.10. The lowest BCUT2D eigenvalue weighted by Gasteiger charge is -2.40. The number of hydrogen-bond acceptors (Lipinski definition) is 7. The van der Waals surface area contributed by atoms with Gasteiger partial charge < -0.3 is 23.8 Å². The number of hydrogen-bond donors (Lipinski definition) is 0. The predicted molar refractivity (Wildman–Crippen MR) is 188 cm³/mol. The minimum absolute atomic E-state index is 0.0115. The fourth-order valence-corrected chi connectivity index (χ4v) is 9.38. The van der Waals surface area contributed by atoms with Crippen molar-refractivity contribution in [1.29, 1.82) is 5.26 Å². The Balaban J connectivity index is 1.47.